The van der Waals surface area contributed by atoms with Gasteiger partial charge in [-0.1, -0.05) is 37.6 Å². The van der Waals surface area contributed by atoms with E-state index in [1.165, 1.54) is 12.2 Å². The summed E-state index contributed by atoms with van der Waals surface area (Å²) >= 11 is 9.62. The van der Waals surface area contributed by atoms with Crippen molar-refractivity contribution in [2.45, 2.75) is 113 Å². The number of hydrogen-bond acceptors (Lipinski definition) is 23. The van der Waals surface area contributed by atoms with Crippen LogP contribution >= 0.6 is 47.7 Å². The van der Waals surface area contributed by atoms with Gasteiger partial charge in [0.2, 0.25) is 11.6 Å². The largest absolute Gasteiger partial charge is 1.00 e. The first-order valence-electron chi connectivity index (χ1n) is 26.9. The molecule has 1 N–H and O–H groups in total. The van der Waals surface area contributed by atoms with Crippen LogP contribution in [0.2, 0.25) is 0 Å². The summed E-state index contributed by atoms with van der Waals surface area (Å²) in [4.78, 5) is 41.5. The smallest absolute Gasteiger partial charge is 0.748 e. The Hall–Kier alpha value is 0.300. The molecular weight excluding hydrogens is 1330 g/mol. The molecule has 0 spiro atoms. The molecule has 0 saturated carbocycles. The van der Waals surface area contributed by atoms with Crippen molar-refractivity contribution < 1.29 is 237 Å². The van der Waals surface area contributed by atoms with Gasteiger partial charge in [0, 0.05) is 155 Å². The van der Waals surface area contributed by atoms with Crippen molar-refractivity contribution in [3.63, 3.8) is 0 Å². The van der Waals surface area contributed by atoms with Gasteiger partial charge in [0.05, 0.1) is 32.5 Å². The number of benzene rings is 3. The van der Waals surface area contributed by atoms with Gasteiger partial charge in [-0.15, -0.1) is 0 Å². The van der Waals surface area contributed by atoms with Crippen LogP contribution in [0.4, 0.5) is 17.1 Å². The van der Waals surface area contributed by atoms with Gasteiger partial charge in [0.1, 0.15) is 16.7 Å². The first-order valence-corrected chi connectivity index (χ1v) is 32.8. The van der Waals surface area contributed by atoms with Gasteiger partial charge in [-0.25, -0.2) is 16.8 Å². The van der Waals surface area contributed by atoms with E-state index in [-0.39, 0.29) is 196 Å². The first kappa shape index (κ1) is 85.4. The van der Waals surface area contributed by atoms with Crippen LogP contribution < -0.4 is 179 Å². The second kappa shape index (κ2) is 40.3. The molecule has 3 heterocycles. The Morgan fingerprint density at radius 3 is 2.02 bits per heavy atom. The minimum Gasteiger partial charge on any atom is -0.748 e. The summed E-state index contributed by atoms with van der Waals surface area (Å²) < 4.78 is 89.4. The molecule has 0 saturated heterocycles. The normalized spacial score (nSPS) is 16.8. The molecule has 1 aliphatic carbocycles. The molecule has 458 valence electrons. The van der Waals surface area contributed by atoms with E-state index in [0.29, 0.717) is 104 Å². The van der Waals surface area contributed by atoms with Crippen LogP contribution in [0.1, 0.15) is 103 Å². The number of fused-ring (bicyclic) bond motifs is 4. The Labute approximate surface area is 648 Å². The van der Waals surface area contributed by atoms with Crippen LogP contribution in [0.25, 0.3) is 10.8 Å². The van der Waals surface area contributed by atoms with E-state index >= 15 is 0 Å². The predicted molar refractivity (Wildman–Crippen MR) is 309 cm³/mol. The Morgan fingerprint density at radius 2 is 1.40 bits per heavy atom. The third kappa shape index (κ3) is 23.2. The number of allylic oxidation sites excluding steroid dienone is 8. The molecular formula is C55H64ClN5Na5O18S5+. The van der Waals surface area contributed by atoms with E-state index in [4.69, 9.17) is 11.6 Å². The van der Waals surface area contributed by atoms with Gasteiger partial charge in [-0.2, -0.15) is 17.6 Å². The number of carbonyl (C=O) groups is 3. The molecule has 3 aliphatic heterocycles. The number of halogens is 1. The molecule has 0 unspecified atom stereocenters. The first-order chi connectivity index (χ1) is 40.0. The summed E-state index contributed by atoms with van der Waals surface area (Å²) in [6.45, 7) is 10.1. The maximum atomic E-state index is 12.8. The summed E-state index contributed by atoms with van der Waals surface area (Å²) in [5.41, 5.74) is 6.01. The third-order valence-corrected chi connectivity index (χ3v) is 18.9. The number of anilines is 2. The van der Waals surface area contributed by atoms with E-state index < -0.39 is 53.5 Å². The monoisotopic (exact) mass is 1390 g/mol. The molecule has 0 fully saturated rings. The summed E-state index contributed by atoms with van der Waals surface area (Å²) in [6, 6.07) is 12.2. The zero-order valence-corrected chi connectivity index (χ0v) is 66.3. The van der Waals surface area contributed by atoms with Crippen molar-refractivity contribution in [1.82, 2.24) is 10.2 Å². The molecule has 3 amide bonds. The van der Waals surface area contributed by atoms with E-state index in [0.717, 1.165) is 86.7 Å². The Bertz CT molecular complexity index is 3350. The maximum Gasteiger partial charge on any atom is 1.00 e. The van der Waals surface area contributed by atoms with E-state index in [1.807, 2.05) is 55.2 Å². The molecule has 34 heteroatoms. The number of rotatable bonds is 33. The Kier molecular flexibility index (Phi) is 38.6. The zero-order chi connectivity index (χ0) is 60.8. The SMILES string of the molecule is CC1(C)C(/C=C/C2=C(Cl)C(=C/C=C3/N(CCCS(=O)(=O)[O-])c4ccc(N(CCCSOO[O-])CCCSOO[O-])cc4C3(C)C)/CCC2)=[N+](CCCCCC(=O)NCCN2C(=O)C=CC2=O)c2ccc3c(S(=O)(=O)[O-])cc(SOO[O-])cc3c21.[Na+].[Na+].[Na+].[Na+].[Na+]. The average Bonchev–Trinajstić information content (AvgIpc) is 1.62. The van der Waals surface area contributed by atoms with Crippen molar-refractivity contribution >= 4 is 119 Å². The quantitative estimate of drug-likeness (QED) is 0.00865. The van der Waals surface area contributed by atoms with E-state index in [2.05, 4.69) is 62.8 Å². The minimum atomic E-state index is -5.03. The fourth-order valence-electron chi connectivity index (χ4n) is 11.1. The van der Waals surface area contributed by atoms with E-state index in [1.54, 1.807) is 18.2 Å². The van der Waals surface area contributed by atoms with Crippen molar-refractivity contribution in [1.29, 1.82) is 0 Å². The van der Waals surface area contributed by atoms with Gasteiger partial charge >= 0.3 is 148 Å². The number of nitrogens with one attached hydrogen (secondary N) is 1. The number of carbonyl (C=O) groups excluding carboxylic acids is 3. The molecule has 0 aromatic heterocycles. The number of unbranched alkanes of at least 4 members (excludes halogenated alkanes) is 2. The van der Waals surface area contributed by atoms with Crippen molar-refractivity contribution in [3.8, 4) is 0 Å². The zero-order valence-electron chi connectivity index (χ0n) is 51.5. The second-order valence-corrected chi connectivity index (χ2v) is 26.7. The van der Waals surface area contributed by atoms with Crippen LogP contribution in [-0.2, 0) is 73.6 Å². The maximum absolute atomic E-state index is 12.8. The molecule has 0 atom stereocenters. The third-order valence-electron chi connectivity index (χ3n) is 15.0. The molecule has 23 nitrogen and oxygen atoms in total. The summed E-state index contributed by atoms with van der Waals surface area (Å²) in [5, 5.41) is 46.1. The van der Waals surface area contributed by atoms with Crippen molar-refractivity contribution in [2.24, 2.45) is 0 Å². The number of nitrogens with zero attached hydrogens (tertiary/aromatic N) is 4. The van der Waals surface area contributed by atoms with Crippen molar-refractivity contribution in [2.75, 3.05) is 66.3 Å². The minimum absolute atomic E-state index is 0. The topological polar surface area (TPSA) is 315 Å². The van der Waals surface area contributed by atoms with Gasteiger partial charge in [0.25, 0.3) is 11.8 Å². The van der Waals surface area contributed by atoms with Crippen LogP contribution in [-0.4, -0.2) is 115 Å². The molecule has 89 heavy (non-hydrogen) atoms. The van der Waals surface area contributed by atoms with Crippen LogP contribution in [0.3, 0.4) is 0 Å². The standard InChI is InChI=1S/C55H68ClN5O18S5.5Na/c1-54(2)43-34-39(58(26-9-31-80-77-74-65)27-10-32-81-78-75-66)17-19-44(43)59(29-11-33-83(68,69)70)47(54)21-15-37-12-8-13-38(53(37)56)16-22-48-55(3,4)52-42-35-40(82-79-76-67)36-46(84(71,72)73)41(42)18-20-45(52)60(48)28-7-5-6-14-49(62)57-25-30-61-50(63)23-24-51(61)64;;;;;/h15-24,34-36H,5-14,25-33H2,1-4H3,(H5-,57,62,65,66,67,68,69,70,71,72,73);;;;;/q;5*+1/p-4. The molecule has 3 aromatic carbocycles. The summed E-state index contributed by atoms with van der Waals surface area (Å²) in [6.07, 6.45) is 15.6. The molecule has 0 radical (unpaired) electrons. The van der Waals surface area contributed by atoms with Crippen LogP contribution in [0.5, 0.6) is 0 Å². The second-order valence-electron chi connectivity index (χ2n) is 21.1. The van der Waals surface area contributed by atoms with E-state index in [9.17, 15) is 56.1 Å². The molecule has 3 aromatic rings. The van der Waals surface area contributed by atoms with Crippen LogP contribution in [0.15, 0.2) is 111 Å². The fraction of sp³-hybridized carbons (Fsp3) is 0.455. The van der Waals surface area contributed by atoms with Gasteiger partial charge in [0.15, 0.2) is 5.71 Å². The molecule has 0 bridgehead atoms. The average molecular weight is 1390 g/mol. The Morgan fingerprint density at radius 1 is 0.753 bits per heavy atom. The number of amides is 3. The predicted octanol–water partition coefficient (Wildman–Crippen LogP) is -8.92. The van der Waals surface area contributed by atoms with Gasteiger partial charge in [-0.05, 0) is 130 Å². The molecule has 4 aliphatic rings. The number of imide groups is 1. The fourth-order valence-corrected chi connectivity index (χ4v) is 13.9. The van der Waals surface area contributed by atoms with Gasteiger partial charge < -0.3 is 40.0 Å². The summed E-state index contributed by atoms with van der Waals surface area (Å²) in [5.74, 6) is -0.707. The Balaban J connectivity index is 0.00000540. The van der Waals surface area contributed by atoms with Crippen LogP contribution in [0, 0.1) is 0 Å². The summed E-state index contributed by atoms with van der Waals surface area (Å²) in [7, 11) is -9.54. The van der Waals surface area contributed by atoms with Crippen molar-refractivity contribution in [3.05, 3.63) is 112 Å². The van der Waals surface area contributed by atoms with Gasteiger partial charge in [-0.3, -0.25) is 34.4 Å². The molecule has 7 rings (SSSR count). The number of hydrogen-bond donors (Lipinski definition) is 1.